The molecule has 1 aromatic carbocycles. The van der Waals surface area contributed by atoms with E-state index in [1.54, 1.807) is 16.7 Å². The van der Waals surface area contributed by atoms with Crippen LogP contribution in [0.1, 0.15) is 42.1 Å². The zero-order valence-electron chi connectivity index (χ0n) is 13.8. The summed E-state index contributed by atoms with van der Waals surface area (Å²) in [5.74, 6) is 0.193. The van der Waals surface area contributed by atoms with Gasteiger partial charge >= 0.3 is 0 Å². The molecule has 3 rings (SSSR count). The Labute approximate surface area is 136 Å². The number of anilines is 1. The van der Waals surface area contributed by atoms with Crippen LogP contribution in [-0.4, -0.2) is 47.6 Å². The van der Waals surface area contributed by atoms with Crippen molar-refractivity contribution in [1.82, 2.24) is 4.90 Å². The van der Waals surface area contributed by atoms with Gasteiger partial charge in [0.2, 0.25) is 5.91 Å². The molecule has 0 aliphatic carbocycles. The van der Waals surface area contributed by atoms with Gasteiger partial charge in [-0.2, -0.15) is 0 Å². The van der Waals surface area contributed by atoms with Crippen molar-refractivity contribution in [2.75, 3.05) is 24.5 Å². The van der Waals surface area contributed by atoms with E-state index in [1.807, 2.05) is 25.1 Å². The number of amides is 2. The van der Waals surface area contributed by atoms with Gasteiger partial charge in [0.05, 0.1) is 17.4 Å². The second kappa shape index (κ2) is 6.32. The van der Waals surface area contributed by atoms with Gasteiger partial charge in [-0.1, -0.05) is 11.6 Å². The van der Waals surface area contributed by atoms with Gasteiger partial charge in [-0.25, -0.2) is 0 Å². The first-order valence-electron chi connectivity index (χ1n) is 8.35. The van der Waals surface area contributed by atoms with E-state index in [2.05, 4.69) is 0 Å². The fraction of sp³-hybridized carbons (Fsp3) is 0.556. The molecule has 2 fully saturated rings. The lowest BCUT2D eigenvalue weighted by Gasteiger charge is -2.23. The monoisotopic (exact) mass is 316 g/mol. The van der Waals surface area contributed by atoms with Crippen LogP contribution in [0.25, 0.3) is 0 Å². The molecule has 0 saturated carbocycles. The van der Waals surface area contributed by atoms with Crippen molar-refractivity contribution >= 4 is 17.5 Å². The third-order valence-electron chi connectivity index (χ3n) is 4.94. The van der Waals surface area contributed by atoms with Crippen molar-refractivity contribution in [1.29, 1.82) is 0 Å². The Morgan fingerprint density at radius 2 is 2.13 bits per heavy atom. The standard InChI is InChI=1S/C18H24N2O3/c1-12-5-6-16(20-8-3-4-17(20)22)15(10-12)18(23)19-9-7-14(11-19)13(2)21/h5-6,10,13-14,21H,3-4,7-9,11H2,1-2H3. The quantitative estimate of drug-likeness (QED) is 0.927. The van der Waals surface area contributed by atoms with E-state index in [-0.39, 0.29) is 17.7 Å². The van der Waals surface area contributed by atoms with Crippen molar-refractivity contribution in [3.05, 3.63) is 29.3 Å². The van der Waals surface area contributed by atoms with Crippen molar-refractivity contribution in [2.45, 2.75) is 39.2 Å². The third kappa shape index (κ3) is 3.11. The lowest BCUT2D eigenvalue weighted by atomic mass is 10.0. The normalized spacial score (nSPS) is 22.7. The Hall–Kier alpha value is -1.88. The maximum absolute atomic E-state index is 13.0. The summed E-state index contributed by atoms with van der Waals surface area (Å²) in [6.45, 7) is 5.65. The predicted octanol–water partition coefficient (Wildman–Crippen LogP) is 1.96. The molecule has 0 aromatic heterocycles. The molecular formula is C18H24N2O3. The van der Waals surface area contributed by atoms with Gasteiger partial charge < -0.3 is 14.9 Å². The molecule has 23 heavy (non-hydrogen) atoms. The molecular weight excluding hydrogens is 292 g/mol. The fourth-order valence-electron chi connectivity index (χ4n) is 3.50. The number of carbonyl (C=O) groups excluding carboxylic acids is 2. The second-order valence-corrected chi connectivity index (χ2v) is 6.71. The number of rotatable bonds is 3. The predicted molar refractivity (Wildman–Crippen MR) is 88.5 cm³/mol. The number of hydrogen-bond donors (Lipinski definition) is 1. The summed E-state index contributed by atoms with van der Waals surface area (Å²) in [4.78, 5) is 28.6. The minimum absolute atomic E-state index is 0.0356. The number of aliphatic hydroxyl groups excluding tert-OH is 1. The molecule has 2 saturated heterocycles. The highest BCUT2D eigenvalue weighted by Gasteiger charge is 2.32. The highest BCUT2D eigenvalue weighted by Crippen LogP contribution is 2.29. The number of likely N-dealkylation sites (tertiary alicyclic amines) is 1. The van der Waals surface area contributed by atoms with Crippen LogP contribution < -0.4 is 4.90 Å². The SMILES string of the molecule is Cc1ccc(N2CCCC2=O)c(C(=O)N2CCC(C(C)O)C2)c1. The molecule has 0 spiro atoms. The number of aliphatic hydroxyl groups is 1. The maximum Gasteiger partial charge on any atom is 0.255 e. The Morgan fingerprint density at radius 1 is 1.35 bits per heavy atom. The van der Waals surface area contributed by atoms with E-state index in [0.717, 1.165) is 24.1 Å². The van der Waals surface area contributed by atoms with Crippen LogP contribution >= 0.6 is 0 Å². The Balaban J connectivity index is 1.88. The first-order chi connectivity index (χ1) is 11.0. The first-order valence-corrected chi connectivity index (χ1v) is 8.35. The van der Waals surface area contributed by atoms with Crippen molar-refractivity contribution in [3.8, 4) is 0 Å². The average Bonchev–Trinajstić information content (AvgIpc) is 3.15. The number of benzene rings is 1. The fourth-order valence-corrected chi connectivity index (χ4v) is 3.50. The van der Waals surface area contributed by atoms with Gasteiger partial charge in [0.25, 0.3) is 5.91 Å². The molecule has 2 atom stereocenters. The first kappa shape index (κ1) is 16.0. The van der Waals surface area contributed by atoms with Crippen LogP contribution in [0, 0.1) is 12.8 Å². The maximum atomic E-state index is 13.0. The summed E-state index contributed by atoms with van der Waals surface area (Å²) in [6, 6.07) is 5.70. The largest absolute Gasteiger partial charge is 0.393 e. The molecule has 124 valence electrons. The highest BCUT2D eigenvalue weighted by molar-refractivity contribution is 6.05. The molecule has 0 bridgehead atoms. The zero-order valence-corrected chi connectivity index (χ0v) is 13.8. The smallest absolute Gasteiger partial charge is 0.255 e. The van der Waals surface area contributed by atoms with Gasteiger partial charge in [-0.3, -0.25) is 9.59 Å². The Bertz CT molecular complexity index is 627. The van der Waals surface area contributed by atoms with Gasteiger partial charge in [-0.15, -0.1) is 0 Å². The van der Waals surface area contributed by atoms with E-state index in [0.29, 0.717) is 31.6 Å². The molecule has 2 heterocycles. The van der Waals surface area contributed by atoms with Crippen LogP contribution in [0.3, 0.4) is 0 Å². The lowest BCUT2D eigenvalue weighted by Crippen LogP contribution is -2.33. The summed E-state index contributed by atoms with van der Waals surface area (Å²) in [5, 5.41) is 9.74. The Kier molecular flexibility index (Phi) is 4.39. The van der Waals surface area contributed by atoms with Gasteiger partial charge in [0.15, 0.2) is 0 Å². The van der Waals surface area contributed by atoms with Gasteiger partial charge in [0.1, 0.15) is 0 Å². The van der Waals surface area contributed by atoms with E-state index in [4.69, 9.17) is 0 Å². The van der Waals surface area contributed by atoms with Crippen LogP contribution in [-0.2, 0) is 4.79 Å². The number of hydrogen-bond acceptors (Lipinski definition) is 3. The van der Waals surface area contributed by atoms with E-state index < -0.39 is 6.10 Å². The molecule has 2 unspecified atom stereocenters. The third-order valence-corrected chi connectivity index (χ3v) is 4.94. The summed E-state index contributed by atoms with van der Waals surface area (Å²) in [7, 11) is 0. The van der Waals surface area contributed by atoms with Gasteiger partial charge in [0, 0.05) is 32.0 Å². The molecule has 0 radical (unpaired) electrons. The molecule has 5 heteroatoms. The number of carbonyl (C=O) groups is 2. The topological polar surface area (TPSA) is 60.9 Å². The van der Waals surface area contributed by atoms with Crippen molar-refractivity contribution in [3.63, 3.8) is 0 Å². The minimum atomic E-state index is -0.398. The molecule has 5 nitrogen and oxygen atoms in total. The van der Waals surface area contributed by atoms with E-state index >= 15 is 0 Å². The molecule has 1 aromatic rings. The van der Waals surface area contributed by atoms with E-state index in [1.165, 1.54) is 0 Å². The number of aryl methyl sites for hydroxylation is 1. The molecule has 2 aliphatic rings. The van der Waals surface area contributed by atoms with Crippen LogP contribution in [0.4, 0.5) is 5.69 Å². The van der Waals surface area contributed by atoms with E-state index in [9.17, 15) is 14.7 Å². The summed E-state index contributed by atoms with van der Waals surface area (Å²) in [6.07, 6.45) is 1.82. The zero-order chi connectivity index (χ0) is 16.6. The minimum Gasteiger partial charge on any atom is -0.393 e. The van der Waals surface area contributed by atoms with Crippen LogP contribution in [0.2, 0.25) is 0 Å². The summed E-state index contributed by atoms with van der Waals surface area (Å²) < 4.78 is 0. The molecule has 1 N–H and O–H groups in total. The van der Waals surface area contributed by atoms with Gasteiger partial charge in [-0.05, 0) is 38.8 Å². The van der Waals surface area contributed by atoms with Crippen molar-refractivity contribution in [2.24, 2.45) is 5.92 Å². The van der Waals surface area contributed by atoms with Crippen LogP contribution in [0.5, 0.6) is 0 Å². The highest BCUT2D eigenvalue weighted by atomic mass is 16.3. The van der Waals surface area contributed by atoms with Crippen LogP contribution in [0.15, 0.2) is 18.2 Å². The lowest BCUT2D eigenvalue weighted by molar-refractivity contribution is -0.117. The summed E-state index contributed by atoms with van der Waals surface area (Å²) in [5.41, 5.74) is 2.34. The average molecular weight is 316 g/mol. The molecule has 2 amide bonds. The second-order valence-electron chi connectivity index (χ2n) is 6.71. The Morgan fingerprint density at radius 3 is 2.74 bits per heavy atom. The van der Waals surface area contributed by atoms with Crippen molar-refractivity contribution < 1.29 is 14.7 Å². The molecule has 2 aliphatic heterocycles. The summed E-state index contributed by atoms with van der Waals surface area (Å²) >= 11 is 0. The number of nitrogens with zero attached hydrogens (tertiary/aromatic N) is 2.